The molecule has 0 radical (unpaired) electrons. The third-order valence-electron chi connectivity index (χ3n) is 9.39. The highest BCUT2D eigenvalue weighted by Crippen LogP contribution is 2.34. The molecule has 2 aliphatic rings. The summed E-state index contributed by atoms with van der Waals surface area (Å²) in [4.78, 5) is 10.1. The van der Waals surface area contributed by atoms with Crippen LogP contribution in [0.3, 0.4) is 0 Å². The molecule has 0 amide bonds. The maximum atomic E-state index is 5.06. The molecule has 48 heavy (non-hydrogen) atoms. The second-order valence-electron chi connectivity index (χ2n) is 12.5. The van der Waals surface area contributed by atoms with Crippen LogP contribution in [0.5, 0.6) is 0 Å². The van der Waals surface area contributed by atoms with Crippen LogP contribution in [0.1, 0.15) is 36.8 Å². The fourth-order valence-electron chi connectivity index (χ4n) is 6.78. The SMILES string of the molecule is C1=C(C2=CN=C(c3cc(-c4ccccc4)cc(-c4ccccc4)c3)CC2)CCC(c2cc(-c3ccccc3)cc(-c3ccccc3)c2)=N1. The van der Waals surface area contributed by atoms with Crippen LogP contribution in [0.2, 0.25) is 0 Å². The molecule has 0 unspecified atom stereocenters. The van der Waals surface area contributed by atoms with Crippen LogP contribution in [0.25, 0.3) is 44.5 Å². The molecule has 2 heterocycles. The summed E-state index contributed by atoms with van der Waals surface area (Å²) in [6, 6.07) is 56.3. The first-order chi connectivity index (χ1) is 23.8. The van der Waals surface area contributed by atoms with Crippen LogP contribution in [0.15, 0.2) is 191 Å². The van der Waals surface area contributed by atoms with Gasteiger partial charge in [-0.05, 0) is 129 Å². The van der Waals surface area contributed by atoms with Gasteiger partial charge >= 0.3 is 0 Å². The van der Waals surface area contributed by atoms with Crippen molar-refractivity contribution >= 4 is 11.4 Å². The highest BCUT2D eigenvalue weighted by atomic mass is 14.7. The van der Waals surface area contributed by atoms with E-state index in [0.717, 1.165) is 37.1 Å². The van der Waals surface area contributed by atoms with Crippen molar-refractivity contribution in [2.75, 3.05) is 0 Å². The monoisotopic (exact) mass is 616 g/mol. The quantitative estimate of drug-likeness (QED) is 0.170. The zero-order chi connectivity index (χ0) is 32.1. The Morgan fingerprint density at radius 2 is 0.542 bits per heavy atom. The molecule has 0 spiro atoms. The minimum atomic E-state index is 0.909. The summed E-state index contributed by atoms with van der Waals surface area (Å²) in [6.45, 7) is 0. The van der Waals surface area contributed by atoms with Crippen LogP contribution in [0.4, 0.5) is 0 Å². The Bertz CT molecular complexity index is 1910. The van der Waals surface area contributed by atoms with Gasteiger partial charge in [0.05, 0.1) is 0 Å². The maximum Gasteiger partial charge on any atom is 0.0479 e. The molecule has 0 fully saturated rings. The normalized spacial score (nSPS) is 14.4. The maximum absolute atomic E-state index is 5.06. The Labute approximate surface area is 283 Å². The predicted molar refractivity (Wildman–Crippen MR) is 202 cm³/mol. The van der Waals surface area contributed by atoms with Gasteiger partial charge in [0.1, 0.15) is 0 Å². The lowest BCUT2D eigenvalue weighted by Crippen LogP contribution is -2.10. The fraction of sp³-hybridized carbons (Fsp3) is 0.0870. The average Bonchev–Trinajstić information content (AvgIpc) is 3.19. The van der Waals surface area contributed by atoms with Crippen LogP contribution < -0.4 is 0 Å². The number of nitrogens with zero attached hydrogens (tertiary/aromatic N) is 2. The van der Waals surface area contributed by atoms with Gasteiger partial charge in [-0.15, -0.1) is 0 Å². The van der Waals surface area contributed by atoms with E-state index >= 15 is 0 Å². The third-order valence-corrected chi connectivity index (χ3v) is 9.39. The van der Waals surface area contributed by atoms with Crippen LogP contribution in [-0.2, 0) is 0 Å². The first kappa shape index (κ1) is 29.5. The molecule has 8 rings (SSSR count). The summed E-state index contributed by atoms with van der Waals surface area (Å²) in [5.41, 5.74) is 17.0. The predicted octanol–water partition coefficient (Wildman–Crippen LogP) is 12.0. The highest BCUT2D eigenvalue weighted by molar-refractivity contribution is 6.05. The first-order valence-electron chi connectivity index (χ1n) is 16.8. The fourth-order valence-corrected chi connectivity index (χ4v) is 6.78. The zero-order valence-corrected chi connectivity index (χ0v) is 26.9. The Morgan fingerprint density at radius 1 is 0.271 bits per heavy atom. The van der Waals surface area contributed by atoms with Crippen molar-refractivity contribution in [3.8, 4) is 44.5 Å². The van der Waals surface area contributed by atoms with Crippen LogP contribution >= 0.6 is 0 Å². The van der Waals surface area contributed by atoms with Gasteiger partial charge in [-0.25, -0.2) is 0 Å². The van der Waals surface area contributed by atoms with E-state index in [1.165, 1.54) is 66.8 Å². The van der Waals surface area contributed by atoms with E-state index in [1.54, 1.807) is 0 Å². The molecule has 2 nitrogen and oxygen atoms in total. The van der Waals surface area contributed by atoms with Gasteiger partial charge in [-0.1, -0.05) is 121 Å². The molecule has 2 aliphatic heterocycles. The molecule has 0 atom stereocenters. The minimum absolute atomic E-state index is 0.909. The molecule has 6 aromatic carbocycles. The summed E-state index contributed by atoms with van der Waals surface area (Å²) in [5, 5.41) is 0. The first-order valence-corrected chi connectivity index (χ1v) is 16.8. The minimum Gasteiger partial charge on any atom is -0.260 e. The van der Waals surface area contributed by atoms with Gasteiger partial charge in [0.25, 0.3) is 0 Å². The van der Waals surface area contributed by atoms with Crippen LogP contribution in [0, 0.1) is 0 Å². The number of aliphatic imine (C=N–C) groups is 2. The molecule has 0 saturated heterocycles. The zero-order valence-electron chi connectivity index (χ0n) is 26.9. The van der Waals surface area contributed by atoms with Crippen molar-refractivity contribution in [2.45, 2.75) is 25.7 Å². The van der Waals surface area contributed by atoms with E-state index in [9.17, 15) is 0 Å². The molecular weight excluding hydrogens is 581 g/mol. The summed E-state index contributed by atoms with van der Waals surface area (Å²) in [5.74, 6) is 0. The summed E-state index contributed by atoms with van der Waals surface area (Å²) in [7, 11) is 0. The lowest BCUT2D eigenvalue weighted by Gasteiger charge is -2.20. The lowest BCUT2D eigenvalue weighted by atomic mass is 9.88. The second-order valence-corrected chi connectivity index (χ2v) is 12.5. The highest BCUT2D eigenvalue weighted by Gasteiger charge is 2.19. The largest absolute Gasteiger partial charge is 0.260 e. The Hall–Kier alpha value is -5.86. The van der Waals surface area contributed by atoms with Gasteiger partial charge in [-0.2, -0.15) is 0 Å². The van der Waals surface area contributed by atoms with Gasteiger partial charge in [0.2, 0.25) is 0 Å². The number of hydrogen-bond donors (Lipinski definition) is 0. The van der Waals surface area contributed by atoms with Gasteiger partial charge in [0, 0.05) is 23.8 Å². The Kier molecular flexibility index (Phi) is 8.29. The van der Waals surface area contributed by atoms with E-state index in [2.05, 4.69) is 170 Å². The van der Waals surface area contributed by atoms with E-state index < -0.39 is 0 Å². The van der Waals surface area contributed by atoms with Crippen LogP contribution in [-0.4, -0.2) is 11.4 Å². The summed E-state index contributed by atoms with van der Waals surface area (Å²) < 4.78 is 0. The lowest BCUT2D eigenvalue weighted by molar-refractivity contribution is 0.909. The molecule has 6 aromatic rings. The molecule has 2 heteroatoms. The van der Waals surface area contributed by atoms with Crippen molar-refractivity contribution in [3.63, 3.8) is 0 Å². The van der Waals surface area contributed by atoms with E-state index in [4.69, 9.17) is 9.98 Å². The molecule has 0 saturated carbocycles. The number of hydrogen-bond acceptors (Lipinski definition) is 2. The van der Waals surface area contributed by atoms with E-state index in [1.807, 2.05) is 0 Å². The number of rotatable bonds is 7. The molecule has 0 aliphatic carbocycles. The van der Waals surface area contributed by atoms with Crippen molar-refractivity contribution < 1.29 is 0 Å². The Morgan fingerprint density at radius 3 is 0.792 bits per heavy atom. The smallest absolute Gasteiger partial charge is 0.0479 e. The molecular formula is C46H36N2. The second kappa shape index (κ2) is 13.5. The molecule has 0 aromatic heterocycles. The number of allylic oxidation sites excluding steroid dienone is 2. The van der Waals surface area contributed by atoms with Crippen molar-refractivity contribution in [2.24, 2.45) is 9.98 Å². The van der Waals surface area contributed by atoms with Crippen molar-refractivity contribution in [3.05, 3.63) is 192 Å². The van der Waals surface area contributed by atoms with Crippen molar-refractivity contribution in [1.82, 2.24) is 0 Å². The van der Waals surface area contributed by atoms with Gasteiger partial charge in [-0.3, -0.25) is 9.98 Å². The number of benzene rings is 6. The third kappa shape index (κ3) is 6.38. The average molecular weight is 617 g/mol. The summed E-state index contributed by atoms with van der Waals surface area (Å²) in [6.07, 6.45) is 7.93. The summed E-state index contributed by atoms with van der Waals surface area (Å²) >= 11 is 0. The standard InChI is InChI=1S/C46H36N2/c1-5-13-33(14-6-1)39-25-40(34-15-7-2-8-16-34)28-43(27-39)45-23-21-37(31-47-45)38-22-24-46(48-32-38)44-29-41(35-17-9-3-10-18-35)26-42(30-44)36-19-11-4-12-20-36/h1-20,25-32H,21-24H2. The Balaban J connectivity index is 1.10. The van der Waals surface area contributed by atoms with E-state index in [-0.39, 0.29) is 0 Å². The molecule has 0 N–H and O–H groups in total. The van der Waals surface area contributed by atoms with E-state index in [0.29, 0.717) is 0 Å². The van der Waals surface area contributed by atoms with Crippen molar-refractivity contribution in [1.29, 1.82) is 0 Å². The van der Waals surface area contributed by atoms with Gasteiger partial charge < -0.3 is 0 Å². The topological polar surface area (TPSA) is 24.7 Å². The van der Waals surface area contributed by atoms with Gasteiger partial charge in [0.15, 0.2) is 0 Å². The molecule has 230 valence electrons. The molecule has 0 bridgehead atoms.